The summed E-state index contributed by atoms with van der Waals surface area (Å²) in [4.78, 5) is 19.3. The first kappa shape index (κ1) is 22.5. The Kier molecular flexibility index (Phi) is 5.86. The van der Waals surface area contributed by atoms with Crippen LogP contribution in [0.25, 0.3) is 17.0 Å². The minimum atomic E-state index is -0.732. The number of hydrogen-bond acceptors (Lipinski definition) is 4. The van der Waals surface area contributed by atoms with Gasteiger partial charge in [0.2, 0.25) is 5.82 Å². The summed E-state index contributed by atoms with van der Waals surface area (Å²) < 4.78 is 33.5. The van der Waals surface area contributed by atoms with Crippen LogP contribution in [0.3, 0.4) is 0 Å². The third kappa shape index (κ3) is 4.30. The predicted molar refractivity (Wildman–Crippen MR) is 128 cm³/mol. The van der Waals surface area contributed by atoms with Crippen molar-refractivity contribution in [2.45, 2.75) is 26.3 Å². The van der Waals surface area contributed by atoms with Crippen molar-refractivity contribution in [1.29, 1.82) is 0 Å². The fourth-order valence-corrected chi connectivity index (χ4v) is 4.26. The molecular weight excluding hydrogens is 450 g/mol. The molecule has 0 radical (unpaired) electrons. The topological polar surface area (TPSA) is 71.3 Å². The Morgan fingerprint density at radius 1 is 1.00 bits per heavy atom. The molecule has 0 bridgehead atoms. The summed E-state index contributed by atoms with van der Waals surface area (Å²) in [5, 5.41) is 6.99. The molecule has 6 nitrogen and oxygen atoms in total. The second-order valence-corrected chi connectivity index (χ2v) is 8.23. The van der Waals surface area contributed by atoms with E-state index in [1.807, 2.05) is 31.2 Å². The number of carbonyl (C=O) groups excluding carboxylic acids is 1. The highest BCUT2D eigenvalue weighted by Gasteiger charge is 2.36. The van der Waals surface area contributed by atoms with Crippen molar-refractivity contribution in [3.05, 3.63) is 107 Å². The number of carbonyl (C=O) groups is 1. The van der Waals surface area contributed by atoms with E-state index in [1.165, 1.54) is 29.2 Å². The van der Waals surface area contributed by atoms with Crippen LogP contribution in [0.1, 0.15) is 36.9 Å². The lowest BCUT2D eigenvalue weighted by atomic mass is 9.94. The van der Waals surface area contributed by atoms with Crippen LogP contribution in [-0.4, -0.2) is 16.2 Å². The van der Waals surface area contributed by atoms with Gasteiger partial charge in [-0.3, -0.25) is 4.90 Å². The van der Waals surface area contributed by atoms with Crippen molar-refractivity contribution < 1.29 is 18.1 Å². The number of anilines is 1. The first-order chi connectivity index (χ1) is 16.9. The van der Waals surface area contributed by atoms with Gasteiger partial charge in [0.25, 0.3) is 5.89 Å². The number of halogens is 2. The van der Waals surface area contributed by atoms with Gasteiger partial charge in [0.05, 0.1) is 17.3 Å². The fourth-order valence-electron chi connectivity index (χ4n) is 4.26. The van der Waals surface area contributed by atoms with Gasteiger partial charge in [-0.15, -0.1) is 0 Å². The molecule has 0 saturated heterocycles. The molecule has 1 atom stereocenters. The van der Waals surface area contributed by atoms with Crippen molar-refractivity contribution in [3.8, 4) is 11.4 Å². The number of hydrogen-bond donors (Lipinski definition) is 1. The molecule has 2 heterocycles. The third-order valence-corrected chi connectivity index (χ3v) is 5.98. The van der Waals surface area contributed by atoms with E-state index in [-0.39, 0.29) is 17.7 Å². The first-order valence-corrected chi connectivity index (χ1v) is 11.2. The lowest BCUT2D eigenvalue weighted by Crippen LogP contribution is -2.46. The van der Waals surface area contributed by atoms with Gasteiger partial charge in [-0.1, -0.05) is 48.5 Å². The molecule has 0 aliphatic carbocycles. The maximum absolute atomic E-state index is 14.1. The van der Waals surface area contributed by atoms with E-state index < -0.39 is 17.7 Å². The molecule has 1 aromatic heterocycles. The zero-order chi connectivity index (χ0) is 24.5. The van der Waals surface area contributed by atoms with Crippen LogP contribution < -0.4 is 10.2 Å². The number of rotatable bonds is 5. The Bertz CT molecular complexity index is 1450. The molecule has 1 unspecified atom stereocenters. The van der Waals surface area contributed by atoms with Crippen LogP contribution in [0.4, 0.5) is 19.3 Å². The monoisotopic (exact) mass is 472 g/mol. The molecule has 4 aromatic rings. The van der Waals surface area contributed by atoms with Crippen molar-refractivity contribution in [2.75, 3.05) is 4.90 Å². The van der Waals surface area contributed by atoms with Gasteiger partial charge in [-0.25, -0.2) is 13.6 Å². The maximum Gasteiger partial charge on any atom is 0.326 e. The van der Waals surface area contributed by atoms with Crippen LogP contribution in [0, 0.1) is 11.6 Å². The first-order valence-electron chi connectivity index (χ1n) is 11.2. The van der Waals surface area contributed by atoms with Crippen LogP contribution in [0.15, 0.2) is 83.0 Å². The van der Waals surface area contributed by atoms with Gasteiger partial charge < -0.3 is 9.84 Å². The molecule has 5 rings (SSSR count). The van der Waals surface area contributed by atoms with E-state index >= 15 is 0 Å². The Balaban J connectivity index is 1.67. The summed E-state index contributed by atoms with van der Waals surface area (Å²) >= 11 is 0. The molecule has 0 saturated carbocycles. The average Bonchev–Trinajstić information content (AvgIpc) is 3.34. The SMILES string of the molecule is CCc1cccc(N2C(=O)NC(c3cccc(F)c3)C(c3nc(-c4cccc(F)c4)no3)=C2C)c1. The maximum atomic E-state index is 14.1. The quantitative estimate of drug-likeness (QED) is 0.371. The molecule has 0 fully saturated rings. The van der Waals surface area contributed by atoms with Gasteiger partial charge in [0.1, 0.15) is 11.6 Å². The minimum absolute atomic E-state index is 0.146. The highest BCUT2D eigenvalue weighted by Crippen LogP contribution is 2.39. The molecule has 2 amide bonds. The van der Waals surface area contributed by atoms with Crippen LogP contribution >= 0.6 is 0 Å². The zero-order valence-corrected chi connectivity index (χ0v) is 19.1. The van der Waals surface area contributed by atoms with Crippen molar-refractivity contribution in [3.63, 3.8) is 0 Å². The second-order valence-electron chi connectivity index (χ2n) is 8.23. The number of allylic oxidation sites excluding steroid dienone is 1. The molecule has 1 aliphatic heterocycles. The van der Waals surface area contributed by atoms with Crippen molar-refractivity contribution in [2.24, 2.45) is 0 Å². The number of nitrogens with zero attached hydrogens (tertiary/aromatic N) is 3. The molecule has 3 aromatic carbocycles. The van der Waals surface area contributed by atoms with Crippen molar-refractivity contribution >= 4 is 17.3 Å². The molecule has 1 N–H and O–H groups in total. The van der Waals surface area contributed by atoms with E-state index in [4.69, 9.17) is 4.52 Å². The molecule has 176 valence electrons. The highest BCUT2D eigenvalue weighted by molar-refractivity contribution is 6.01. The summed E-state index contributed by atoms with van der Waals surface area (Å²) in [7, 11) is 0. The summed E-state index contributed by atoms with van der Waals surface area (Å²) in [6.45, 7) is 3.82. The average molecular weight is 472 g/mol. The zero-order valence-electron chi connectivity index (χ0n) is 19.1. The number of benzene rings is 3. The van der Waals surface area contributed by atoms with Gasteiger partial charge >= 0.3 is 6.03 Å². The molecule has 8 heteroatoms. The summed E-state index contributed by atoms with van der Waals surface area (Å²) in [5.41, 5.74) is 3.81. The van der Waals surface area contributed by atoms with E-state index in [0.717, 1.165) is 12.0 Å². The number of aromatic nitrogens is 2. The van der Waals surface area contributed by atoms with Crippen molar-refractivity contribution in [1.82, 2.24) is 15.5 Å². The molecule has 0 spiro atoms. The third-order valence-electron chi connectivity index (χ3n) is 5.98. The lowest BCUT2D eigenvalue weighted by Gasteiger charge is -2.35. The second kappa shape index (κ2) is 9.13. The van der Waals surface area contributed by atoms with E-state index in [1.54, 1.807) is 31.2 Å². The van der Waals surface area contributed by atoms with E-state index in [0.29, 0.717) is 28.1 Å². The van der Waals surface area contributed by atoms with E-state index in [2.05, 4.69) is 15.5 Å². The number of aryl methyl sites for hydroxylation is 1. The van der Waals surface area contributed by atoms with Gasteiger partial charge in [0.15, 0.2) is 0 Å². The molecule has 35 heavy (non-hydrogen) atoms. The Hall–Kier alpha value is -4.33. The standard InChI is InChI=1S/C27H22F2N4O2/c1-3-17-7-4-12-22(13-17)33-16(2)23(24(30-27(33)34)18-8-5-10-20(28)14-18)26-31-25(32-35-26)19-9-6-11-21(29)15-19/h4-15,24H,3H2,1-2H3,(H,30,34). The van der Waals surface area contributed by atoms with Gasteiger partial charge in [-0.05, 0) is 60.9 Å². The molecule has 1 aliphatic rings. The summed E-state index contributed by atoms with van der Waals surface area (Å²) in [6.07, 6.45) is 0.811. The predicted octanol–water partition coefficient (Wildman–Crippen LogP) is 6.28. The van der Waals surface area contributed by atoms with Crippen LogP contribution in [0.5, 0.6) is 0 Å². The fraction of sp³-hybridized carbons (Fsp3) is 0.148. The van der Waals surface area contributed by atoms with Crippen LogP contribution in [-0.2, 0) is 6.42 Å². The normalized spacial score (nSPS) is 15.9. The smallest absolute Gasteiger partial charge is 0.326 e. The van der Waals surface area contributed by atoms with Gasteiger partial charge in [-0.2, -0.15) is 4.98 Å². The summed E-state index contributed by atoms with van der Waals surface area (Å²) in [5.74, 6) is -0.506. The van der Waals surface area contributed by atoms with E-state index in [9.17, 15) is 13.6 Å². The highest BCUT2D eigenvalue weighted by atomic mass is 19.1. The Morgan fingerprint density at radius 3 is 2.49 bits per heavy atom. The Labute approximate surface area is 200 Å². The largest absolute Gasteiger partial charge is 0.334 e. The van der Waals surface area contributed by atoms with Gasteiger partial charge in [0, 0.05) is 11.3 Å². The number of urea groups is 1. The number of nitrogens with one attached hydrogen (secondary N) is 1. The lowest BCUT2D eigenvalue weighted by molar-refractivity contribution is 0.244. The molecular formula is C27H22F2N4O2. The summed E-state index contributed by atoms with van der Waals surface area (Å²) in [6, 6.07) is 18.4. The minimum Gasteiger partial charge on any atom is -0.334 e. The van der Waals surface area contributed by atoms with Crippen LogP contribution in [0.2, 0.25) is 0 Å². The Morgan fingerprint density at radius 2 is 1.74 bits per heavy atom. The number of amides is 2.